The lowest BCUT2D eigenvalue weighted by molar-refractivity contribution is -0.139. The van der Waals surface area contributed by atoms with E-state index in [1.165, 1.54) is 32.1 Å². The SMILES string of the molecule is CN1C(=O)C2CC1C1C3CC(C4CCCC43)C21. The molecule has 4 bridgehead atoms. The fraction of sp³-hybridized carbons (Fsp3) is 0.933. The van der Waals surface area contributed by atoms with Crippen molar-refractivity contribution in [2.75, 3.05) is 7.05 Å². The molecule has 2 heteroatoms. The lowest BCUT2D eigenvalue weighted by atomic mass is 9.67. The third-order valence-electron chi connectivity index (χ3n) is 7.27. The average molecular weight is 231 g/mol. The molecule has 5 aliphatic rings. The number of nitrogens with zero attached hydrogens (tertiary/aromatic N) is 1. The Morgan fingerprint density at radius 3 is 2.47 bits per heavy atom. The van der Waals surface area contributed by atoms with Crippen molar-refractivity contribution in [3.05, 3.63) is 0 Å². The normalized spacial score (nSPS) is 62.4. The van der Waals surface area contributed by atoms with Crippen LogP contribution in [0.4, 0.5) is 0 Å². The molecule has 5 fully saturated rings. The minimum absolute atomic E-state index is 0.437. The predicted octanol–water partition coefficient (Wildman–Crippen LogP) is 2.15. The summed E-state index contributed by atoms with van der Waals surface area (Å²) < 4.78 is 0. The number of rotatable bonds is 0. The smallest absolute Gasteiger partial charge is 0.226 e. The van der Waals surface area contributed by atoms with Crippen LogP contribution in [-0.2, 0) is 4.79 Å². The van der Waals surface area contributed by atoms with Crippen LogP contribution in [0.5, 0.6) is 0 Å². The molecule has 8 unspecified atom stereocenters. The molecule has 0 N–H and O–H groups in total. The van der Waals surface area contributed by atoms with Gasteiger partial charge in [-0.05, 0) is 61.2 Å². The fourth-order valence-corrected chi connectivity index (χ4v) is 6.99. The molecule has 0 radical (unpaired) electrons. The number of likely N-dealkylation sites (tertiary alicyclic amines) is 1. The van der Waals surface area contributed by atoms with E-state index < -0.39 is 0 Å². The second-order valence-corrected chi connectivity index (χ2v) is 7.34. The van der Waals surface area contributed by atoms with Crippen LogP contribution in [0.2, 0.25) is 0 Å². The van der Waals surface area contributed by atoms with Crippen LogP contribution in [-0.4, -0.2) is 23.9 Å². The van der Waals surface area contributed by atoms with Crippen molar-refractivity contribution in [1.29, 1.82) is 0 Å². The third kappa shape index (κ3) is 0.850. The van der Waals surface area contributed by atoms with Crippen molar-refractivity contribution in [2.24, 2.45) is 41.4 Å². The zero-order valence-corrected chi connectivity index (χ0v) is 10.5. The van der Waals surface area contributed by atoms with Crippen molar-refractivity contribution >= 4 is 5.91 Å². The van der Waals surface area contributed by atoms with Crippen molar-refractivity contribution < 1.29 is 4.79 Å². The number of fused-ring (bicyclic) bond motifs is 12. The summed E-state index contributed by atoms with van der Waals surface area (Å²) in [6.07, 6.45) is 7.15. The summed E-state index contributed by atoms with van der Waals surface area (Å²) in [5, 5.41) is 0. The van der Waals surface area contributed by atoms with Gasteiger partial charge in [-0.15, -0.1) is 0 Å². The molecule has 1 saturated heterocycles. The van der Waals surface area contributed by atoms with Crippen molar-refractivity contribution in [2.45, 2.75) is 38.1 Å². The standard InChI is InChI=1S/C15H21NO/c1-16-12-6-11(15(16)17)13-9-5-10(14(12)13)8-4-2-3-7(8)9/h7-14H,2-6H2,1H3. The van der Waals surface area contributed by atoms with Gasteiger partial charge in [0.2, 0.25) is 5.91 Å². The molecular formula is C15H21NO. The highest BCUT2D eigenvalue weighted by atomic mass is 16.2. The largest absolute Gasteiger partial charge is 0.342 e. The van der Waals surface area contributed by atoms with E-state index in [0.29, 0.717) is 17.9 Å². The average Bonchev–Trinajstić information content (AvgIpc) is 3.02. The Bertz CT molecular complexity index is 406. The lowest BCUT2D eigenvalue weighted by Crippen LogP contribution is -2.48. The monoisotopic (exact) mass is 231 g/mol. The molecule has 0 aromatic carbocycles. The van der Waals surface area contributed by atoms with E-state index in [0.717, 1.165) is 35.5 Å². The van der Waals surface area contributed by atoms with Crippen LogP contribution in [0.15, 0.2) is 0 Å². The van der Waals surface area contributed by atoms with Gasteiger partial charge in [-0.2, -0.15) is 0 Å². The predicted molar refractivity (Wildman–Crippen MR) is 64.1 cm³/mol. The van der Waals surface area contributed by atoms with Crippen LogP contribution in [0, 0.1) is 41.4 Å². The summed E-state index contributed by atoms with van der Waals surface area (Å²) in [7, 11) is 2.06. The molecule has 4 aliphatic carbocycles. The summed E-state index contributed by atoms with van der Waals surface area (Å²) in [6, 6.07) is 0.633. The zero-order chi connectivity index (χ0) is 11.3. The molecule has 0 spiro atoms. The molecular weight excluding hydrogens is 210 g/mol. The van der Waals surface area contributed by atoms with E-state index in [-0.39, 0.29) is 0 Å². The van der Waals surface area contributed by atoms with Gasteiger partial charge in [0.25, 0.3) is 0 Å². The number of piperidine rings is 1. The van der Waals surface area contributed by atoms with Crippen molar-refractivity contribution in [3.63, 3.8) is 0 Å². The number of hydrogen-bond acceptors (Lipinski definition) is 1. The summed E-state index contributed by atoms with van der Waals surface area (Å²) in [5.41, 5.74) is 0. The van der Waals surface area contributed by atoms with Crippen LogP contribution >= 0.6 is 0 Å². The first-order valence-corrected chi connectivity index (χ1v) is 7.54. The number of carbonyl (C=O) groups excluding carboxylic acids is 1. The first kappa shape index (κ1) is 9.41. The van der Waals surface area contributed by atoms with Crippen LogP contribution in [0.3, 0.4) is 0 Å². The second-order valence-electron chi connectivity index (χ2n) is 7.34. The molecule has 17 heavy (non-hydrogen) atoms. The summed E-state index contributed by atoms with van der Waals surface area (Å²) in [4.78, 5) is 14.3. The number of hydrogen-bond donors (Lipinski definition) is 0. The minimum Gasteiger partial charge on any atom is -0.342 e. The highest BCUT2D eigenvalue weighted by Crippen LogP contribution is 2.70. The van der Waals surface area contributed by atoms with E-state index >= 15 is 0 Å². The van der Waals surface area contributed by atoms with Crippen LogP contribution in [0.1, 0.15) is 32.1 Å². The maximum atomic E-state index is 12.2. The molecule has 4 saturated carbocycles. The van der Waals surface area contributed by atoms with E-state index in [1.807, 2.05) is 0 Å². The molecule has 1 aliphatic heterocycles. The molecule has 2 nitrogen and oxygen atoms in total. The molecule has 0 aromatic rings. The molecule has 5 rings (SSSR count). The van der Waals surface area contributed by atoms with Crippen LogP contribution < -0.4 is 0 Å². The van der Waals surface area contributed by atoms with E-state index in [1.54, 1.807) is 0 Å². The number of carbonyl (C=O) groups is 1. The number of amides is 1. The topological polar surface area (TPSA) is 20.3 Å². The first-order valence-electron chi connectivity index (χ1n) is 7.54. The van der Waals surface area contributed by atoms with E-state index in [9.17, 15) is 4.79 Å². The zero-order valence-electron chi connectivity index (χ0n) is 10.5. The van der Waals surface area contributed by atoms with Gasteiger partial charge in [0, 0.05) is 19.0 Å². The Kier molecular flexibility index (Phi) is 1.51. The maximum Gasteiger partial charge on any atom is 0.226 e. The Balaban J connectivity index is 1.58. The maximum absolute atomic E-state index is 12.2. The van der Waals surface area contributed by atoms with E-state index in [2.05, 4.69) is 11.9 Å². The highest BCUT2D eigenvalue weighted by Gasteiger charge is 2.69. The summed E-state index contributed by atoms with van der Waals surface area (Å²) in [5.74, 6) is 6.68. The fourth-order valence-electron chi connectivity index (χ4n) is 6.99. The molecule has 0 aromatic heterocycles. The molecule has 1 amide bonds. The second kappa shape index (κ2) is 2.73. The highest BCUT2D eigenvalue weighted by molar-refractivity contribution is 5.83. The van der Waals surface area contributed by atoms with Gasteiger partial charge >= 0.3 is 0 Å². The van der Waals surface area contributed by atoms with Gasteiger partial charge in [-0.3, -0.25) is 4.79 Å². The summed E-state index contributed by atoms with van der Waals surface area (Å²) >= 11 is 0. The van der Waals surface area contributed by atoms with Crippen molar-refractivity contribution in [1.82, 2.24) is 4.90 Å². The Morgan fingerprint density at radius 1 is 1.00 bits per heavy atom. The third-order valence-corrected chi connectivity index (χ3v) is 7.27. The first-order chi connectivity index (χ1) is 8.27. The Labute approximate surface area is 103 Å². The summed E-state index contributed by atoms with van der Waals surface area (Å²) in [6.45, 7) is 0. The van der Waals surface area contributed by atoms with Gasteiger partial charge in [-0.1, -0.05) is 6.42 Å². The molecule has 8 atom stereocenters. The Hall–Kier alpha value is -0.530. The van der Waals surface area contributed by atoms with Crippen molar-refractivity contribution in [3.8, 4) is 0 Å². The lowest BCUT2D eigenvalue weighted by Gasteiger charge is -2.43. The van der Waals surface area contributed by atoms with Gasteiger partial charge in [0.1, 0.15) is 0 Å². The quantitative estimate of drug-likeness (QED) is 0.585. The van der Waals surface area contributed by atoms with Gasteiger partial charge in [0.05, 0.1) is 0 Å². The van der Waals surface area contributed by atoms with Crippen LogP contribution in [0.25, 0.3) is 0 Å². The molecule has 1 heterocycles. The van der Waals surface area contributed by atoms with Gasteiger partial charge < -0.3 is 4.90 Å². The molecule has 92 valence electrons. The Morgan fingerprint density at radius 2 is 1.71 bits per heavy atom. The van der Waals surface area contributed by atoms with Gasteiger partial charge in [-0.25, -0.2) is 0 Å². The minimum atomic E-state index is 0.437. The van der Waals surface area contributed by atoms with Gasteiger partial charge in [0.15, 0.2) is 0 Å². The van der Waals surface area contributed by atoms with E-state index in [4.69, 9.17) is 0 Å².